The summed E-state index contributed by atoms with van der Waals surface area (Å²) in [6.45, 7) is 4.58. The number of thiophene rings is 2. The van der Waals surface area contributed by atoms with Crippen LogP contribution < -0.4 is 0 Å². The number of unbranched alkanes of at least 4 members (excludes halogenated alkanes) is 12. The summed E-state index contributed by atoms with van der Waals surface area (Å²) in [5.74, 6) is 0. The molecular formula is C38H46N2S4. The van der Waals surface area contributed by atoms with Crippen molar-refractivity contribution in [1.82, 2.24) is 9.97 Å². The lowest BCUT2D eigenvalue weighted by molar-refractivity contribution is 0.590. The molecule has 0 radical (unpaired) electrons. The van der Waals surface area contributed by atoms with Crippen LogP contribution in [0, 0.1) is 0 Å². The number of aromatic nitrogens is 2. The number of hydrogen-bond donors (Lipinski definition) is 0. The van der Waals surface area contributed by atoms with Gasteiger partial charge in [0.15, 0.2) is 0 Å². The standard InChI is InChI=1S/C38H46N2S4/c1-3-5-7-9-11-13-15-17-27-19-25-33(41-27)37-39-31-23-21-30-29(35(31)43-37)22-24-32-36(30)44-38(40-32)34-26-20-28(42-34)18-16-14-12-10-8-6-4-2/h19-26H,3-18H2,1-2H3. The minimum atomic E-state index is 1.11. The number of nitrogens with zero attached hydrogens (tertiary/aromatic N) is 2. The summed E-state index contributed by atoms with van der Waals surface area (Å²) in [6, 6.07) is 18.2. The molecule has 4 heterocycles. The Bertz CT molecular complexity index is 1640. The molecule has 0 spiro atoms. The molecule has 0 saturated carbocycles. The third-order valence-electron chi connectivity index (χ3n) is 8.70. The van der Waals surface area contributed by atoms with Crippen molar-refractivity contribution in [1.29, 1.82) is 0 Å². The van der Waals surface area contributed by atoms with E-state index in [4.69, 9.17) is 9.97 Å². The Labute approximate surface area is 279 Å². The van der Waals surface area contributed by atoms with Gasteiger partial charge in [0.1, 0.15) is 10.0 Å². The third-order valence-corrected chi connectivity index (χ3v) is 13.5. The average molecular weight is 659 g/mol. The van der Waals surface area contributed by atoms with Crippen molar-refractivity contribution in [3.63, 3.8) is 0 Å². The highest BCUT2D eigenvalue weighted by atomic mass is 32.1. The second-order valence-electron chi connectivity index (χ2n) is 12.2. The highest BCUT2D eigenvalue weighted by Gasteiger charge is 2.16. The SMILES string of the molecule is CCCCCCCCCc1ccc(-c2nc3ccc4c(ccc5nc(-c6ccc(CCCCCCCCC)s6)sc54)c3s2)s1. The van der Waals surface area contributed by atoms with Gasteiger partial charge >= 0.3 is 0 Å². The normalized spacial score (nSPS) is 12.0. The Hall–Kier alpha value is -2.12. The fourth-order valence-corrected chi connectivity index (χ4v) is 10.5. The zero-order chi connectivity index (χ0) is 30.1. The average Bonchev–Trinajstić information content (AvgIpc) is 3.85. The van der Waals surface area contributed by atoms with Crippen LogP contribution in [-0.4, -0.2) is 9.97 Å². The Morgan fingerprint density at radius 1 is 0.432 bits per heavy atom. The molecule has 44 heavy (non-hydrogen) atoms. The highest BCUT2D eigenvalue weighted by Crippen LogP contribution is 2.42. The van der Waals surface area contributed by atoms with Crippen molar-refractivity contribution in [2.75, 3.05) is 0 Å². The second kappa shape index (κ2) is 15.9. The van der Waals surface area contributed by atoms with E-state index in [9.17, 15) is 0 Å². The third kappa shape index (κ3) is 7.81. The van der Waals surface area contributed by atoms with E-state index >= 15 is 0 Å². The number of fused-ring (bicyclic) bond motifs is 5. The number of thiazole rings is 2. The molecule has 0 fully saturated rings. The Balaban J connectivity index is 1.12. The van der Waals surface area contributed by atoms with E-state index in [2.05, 4.69) is 62.4 Å². The molecule has 0 unspecified atom stereocenters. The van der Waals surface area contributed by atoms with Crippen LogP contribution in [0.25, 0.3) is 51.0 Å². The van der Waals surface area contributed by atoms with Gasteiger partial charge in [-0.2, -0.15) is 0 Å². The summed E-state index contributed by atoms with van der Waals surface area (Å²) in [4.78, 5) is 15.8. The second-order valence-corrected chi connectivity index (χ2v) is 16.6. The molecule has 0 N–H and O–H groups in total. The lowest BCUT2D eigenvalue weighted by Gasteiger charge is -2.00. The first-order valence-corrected chi connectivity index (χ1v) is 20.3. The summed E-state index contributed by atoms with van der Waals surface area (Å²) >= 11 is 7.57. The van der Waals surface area contributed by atoms with Crippen molar-refractivity contribution >= 4 is 76.6 Å². The number of rotatable bonds is 18. The van der Waals surface area contributed by atoms with Crippen molar-refractivity contribution in [3.05, 3.63) is 58.3 Å². The first-order chi connectivity index (χ1) is 21.7. The van der Waals surface area contributed by atoms with E-state index < -0.39 is 0 Å². The zero-order valence-corrected chi connectivity index (χ0v) is 29.7. The van der Waals surface area contributed by atoms with Gasteiger partial charge in [-0.1, -0.05) is 103 Å². The monoisotopic (exact) mass is 658 g/mol. The van der Waals surface area contributed by atoms with E-state index in [1.807, 2.05) is 45.3 Å². The van der Waals surface area contributed by atoms with Crippen molar-refractivity contribution < 1.29 is 0 Å². The summed E-state index contributed by atoms with van der Waals surface area (Å²) in [7, 11) is 0. The van der Waals surface area contributed by atoms with Gasteiger partial charge in [-0.25, -0.2) is 9.97 Å². The van der Waals surface area contributed by atoms with Gasteiger partial charge < -0.3 is 0 Å². The van der Waals surface area contributed by atoms with E-state index in [1.54, 1.807) is 0 Å². The molecular weight excluding hydrogens is 613 g/mol. The van der Waals surface area contributed by atoms with Gasteiger partial charge in [-0.15, -0.1) is 45.3 Å². The maximum Gasteiger partial charge on any atom is 0.134 e. The summed E-state index contributed by atoms with van der Waals surface area (Å²) in [5.41, 5.74) is 2.22. The Morgan fingerprint density at radius 2 is 0.841 bits per heavy atom. The molecule has 0 aliphatic heterocycles. The molecule has 0 saturated heterocycles. The van der Waals surface area contributed by atoms with Crippen LogP contribution >= 0.6 is 45.3 Å². The quantitative estimate of drug-likeness (QED) is 0.0859. The minimum absolute atomic E-state index is 1.11. The van der Waals surface area contributed by atoms with Crippen LogP contribution in [-0.2, 0) is 12.8 Å². The predicted octanol–water partition coefficient (Wildman–Crippen LogP) is 14.1. The molecule has 232 valence electrons. The number of hydrogen-bond acceptors (Lipinski definition) is 6. The first kappa shape index (κ1) is 31.8. The van der Waals surface area contributed by atoms with E-state index in [1.165, 1.54) is 142 Å². The molecule has 0 atom stereocenters. The fourth-order valence-electron chi connectivity index (χ4n) is 6.15. The van der Waals surface area contributed by atoms with Gasteiger partial charge in [0, 0.05) is 20.5 Å². The molecule has 2 aromatic carbocycles. The molecule has 4 aromatic heterocycles. The van der Waals surface area contributed by atoms with Crippen molar-refractivity contribution in [3.8, 4) is 19.8 Å². The molecule has 6 rings (SSSR count). The molecule has 0 aliphatic rings. The Kier molecular flexibility index (Phi) is 11.5. The predicted molar refractivity (Wildman–Crippen MR) is 200 cm³/mol. The van der Waals surface area contributed by atoms with Crippen molar-refractivity contribution in [2.24, 2.45) is 0 Å². The topological polar surface area (TPSA) is 25.8 Å². The molecule has 2 nitrogen and oxygen atoms in total. The molecule has 0 bridgehead atoms. The summed E-state index contributed by atoms with van der Waals surface area (Å²) < 4.78 is 2.59. The molecule has 0 amide bonds. The minimum Gasteiger partial charge on any atom is -0.235 e. The van der Waals surface area contributed by atoms with Gasteiger partial charge in [-0.05, 0) is 62.1 Å². The number of benzene rings is 2. The first-order valence-electron chi connectivity index (χ1n) is 17.0. The van der Waals surface area contributed by atoms with Crippen LogP contribution in [0.5, 0.6) is 0 Å². The zero-order valence-electron chi connectivity index (χ0n) is 26.5. The smallest absolute Gasteiger partial charge is 0.134 e. The largest absolute Gasteiger partial charge is 0.235 e. The van der Waals surface area contributed by atoms with Gasteiger partial charge in [-0.3, -0.25) is 0 Å². The van der Waals surface area contributed by atoms with Crippen LogP contribution in [0.3, 0.4) is 0 Å². The fraction of sp³-hybridized carbons (Fsp3) is 0.474. The van der Waals surface area contributed by atoms with Gasteiger partial charge in [0.05, 0.1) is 30.2 Å². The lowest BCUT2D eigenvalue weighted by atomic mass is 10.1. The maximum atomic E-state index is 5.09. The van der Waals surface area contributed by atoms with E-state index in [0.717, 1.165) is 21.0 Å². The molecule has 0 aliphatic carbocycles. The van der Waals surface area contributed by atoms with E-state index in [-0.39, 0.29) is 0 Å². The molecule has 6 aromatic rings. The molecule has 6 heteroatoms. The lowest BCUT2D eigenvalue weighted by Crippen LogP contribution is -1.82. The van der Waals surface area contributed by atoms with Crippen molar-refractivity contribution in [2.45, 2.75) is 117 Å². The van der Waals surface area contributed by atoms with Crippen LogP contribution in [0.1, 0.15) is 113 Å². The summed E-state index contributed by atoms with van der Waals surface area (Å²) in [6.07, 6.45) is 21.5. The van der Waals surface area contributed by atoms with Crippen LogP contribution in [0.2, 0.25) is 0 Å². The highest BCUT2D eigenvalue weighted by molar-refractivity contribution is 7.27. The maximum absolute atomic E-state index is 5.09. The number of aryl methyl sites for hydroxylation is 2. The summed E-state index contributed by atoms with van der Waals surface area (Å²) in [5, 5.41) is 4.92. The van der Waals surface area contributed by atoms with Gasteiger partial charge in [0.25, 0.3) is 0 Å². The van der Waals surface area contributed by atoms with Crippen LogP contribution in [0.4, 0.5) is 0 Å². The Morgan fingerprint density at radius 3 is 1.27 bits per heavy atom. The van der Waals surface area contributed by atoms with Crippen LogP contribution in [0.15, 0.2) is 48.5 Å². The van der Waals surface area contributed by atoms with Gasteiger partial charge in [0.2, 0.25) is 0 Å². The van der Waals surface area contributed by atoms with E-state index in [0.29, 0.717) is 0 Å².